The van der Waals surface area contributed by atoms with E-state index in [1.807, 2.05) is 0 Å². The molecule has 0 radical (unpaired) electrons. The van der Waals surface area contributed by atoms with Crippen molar-refractivity contribution in [2.24, 2.45) is 5.92 Å². The van der Waals surface area contributed by atoms with Gasteiger partial charge in [-0.05, 0) is 18.4 Å². The summed E-state index contributed by atoms with van der Waals surface area (Å²) in [6.45, 7) is 0.567. The molecule has 1 N–H and O–H groups in total. The van der Waals surface area contributed by atoms with Crippen LogP contribution in [0.15, 0.2) is 12.1 Å². The first-order valence-electron chi connectivity index (χ1n) is 6.90. The largest absolute Gasteiger partial charge is 0.352 e. The highest BCUT2D eigenvalue weighted by Gasteiger charge is 2.20. The molecule has 114 valence electrons. The van der Waals surface area contributed by atoms with E-state index in [2.05, 4.69) is 5.32 Å². The third kappa shape index (κ3) is 4.08. The molecule has 0 bridgehead atoms. The van der Waals surface area contributed by atoms with Crippen LogP contribution in [0.3, 0.4) is 0 Å². The molecule has 1 saturated carbocycles. The number of benzene rings is 1. The topological polar surface area (TPSA) is 72.2 Å². The molecule has 21 heavy (non-hydrogen) atoms. The molecule has 0 aromatic heterocycles. The van der Waals surface area contributed by atoms with Crippen LogP contribution in [0.2, 0.25) is 10.0 Å². The van der Waals surface area contributed by atoms with Crippen molar-refractivity contribution in [2.75, 3.05) is 6.54 Å². The minimum absolute atomic E-state index is 0.00631. The molecule has 1 fully saturated rings. The van der Waals surface area contributed by atoms with Crippen molar-refractivity contribution in [3.05, 3.63) is 37.9 Å². The zero-order valence-electron chi connectivity index (χ0n) is 11.4. The van der Waals surface area contributed by atoms with Gasteiger partial charge in [-0.2, -0.15) is 0 Å². The monoisotopic (exact) mass is 330 g/mol. The fraction of sp³-hybridized carbons (Fsp3) is 0.500. The number of nitrogens with one attached hydrogen (secondary N) is 1. The molecule has 2 rings (SSSR count). The SMILES string of the molecule is O=C(NCCC1CCCC1)c1cc(Cl)c(Cl)c([N+](=O)[O-])c1. The first kappa shape index (κ1) is 16.0. The van der Waals surface area contributed by atoms with Crippen LogP contribution in [0.4, 0.5) is 5.69 Å². The fourth-order valence-electron chi connectivity index (χ4n) is 2.63. The van der Waals surface area contributed by atoms with Crippen LogP contribution in [0.1, 0.15) is 42.5 Å². The number of amides is 1. The van der Waals surface area contributed by atoms with Crippen molar-refractivity contribution in [3.8, 4) is 0 Å². The Morgan fingerprint density at radius 2 is 2.00 bits per heavy atom. The van der Waals surface area contributed by atoms with Crippen LogP contribution in [0.5, 0.6) is 0 Å². The van der Waals surface area contributed by atoms with E-state index in [9.17, 15) is 14.9 Å². The third-order valence-electron chi connectivity index (χ3n) is 3.78. The Balaban J connectivity index is 1.99. The lowest BCUT2D eigenvalue weighted by atomic mass is 10.0. The lowest BCUT2D eigenvalue weighted by molar-refractivity contribution is -0.384. The number of halogens is 2. The molecule has 7 heteroatoms. The minimum atomic E-state index is -0.649. The van der Waals surface area contributed by atoms with Crippen molar-refractivity contribution < 1.29 is 9.72 Å². The van der Waals surface area contributed by atoms with Gasteiger partial charge in [0.05, 0.1) is 9.95 Å². The van der Waals surface area contributed by atoms with E-state index in [0.717, 1.165) is 12.5 Å². The third-order valence-corrected chi connectivity index (χ3v) is 4.57. The summed E-state index contributed by atoms with van der Waals surface area (Å²) in [6, 6.07) is 2.50. The molecule has 1 aromatic rings. The summed E-state index contributed by atoms with van der Waals surface area (Å²) in [7, 11) is 0. The van der Waals surface area contributed by atoms with E-state index in [1.54, 1.807) is 0 Å². The predicted octanol–water partition coefficient (Wildman–Crippen LogP) is 4.21. The molecule has 0 spiro atoms. The number of nitrogens with zero attached hydrogens (tertiary/aromatic N) is 1. The molecule has 1 amide bonds. The lowest BCUT2D eigenvalue weighted by Crippen LogP contribution is -2.25. The normalized spacial score (nSPS) is 15.1. The second-order valence-electron chi connectivity index (χ2n) is 5.24. The Hall–Kier alpha value is -1.33. The molecule has 1 aromatic carbocycles. The van der Waals surface area contributed by atoms with E-state index in [0.29, 0.717) is 12.5 Å². The number of carbonyl (C=O) groups excluding carboxylic acids is 1. The first-order chi connectivity index (χ1) is 9.99. The van der Waals surface area contributed by atoms with Gasteiger partial charge in [0.2, 0.25) is 0 Å². The van der Waals surface area contributed by atoms with Crippen LogP contribution in [0.25, 0.3) is 0 Å². The van der Waals surface area contributed by atoms with E-state index >= 15 is 0 Å². The highest BCUT2D eigenvalue weighted by molar-refractivity contribution is 6.43. The number of rotatable bonds is 5. The molecule has 5 nitrogen and oxygen atoms in total. The standard InChI is InChI=1S/C14H16Cl2N2O3/c15-11-7-10(8-12(13(11)16)18(20)21)14(19)17-6-5-9-3-1-2-4-9/h7-9H,1-6H2,(H,17,19). The van der Waals surface area contributed by atoms with Gasteiger partial charge >= 0.3 is 0 Å². The van der Waals surface area contributed by atoms with Crippen molar-refractivity contribution in [3.63, 3.8) is 0 Å². The number of nitro benzene ring substituents is 1. The molecular weight excluding hydrogens is 315 g/mol. The summed E-state index contributed by atoms with van der Waals surface area (Å²) >= 11 is 11.6. The molecule has 0 heterocycles. The zero-order chi connectivity index (χ0) is 15.4. The zero-order valence-corrected chi connectivity index (χ0v) is 12.9. The summed E-state index contributed by atoms with van der Waals surface area (Å²) in [5, 5.41) is 13.5. The molecule has 1 aliphatic carbocycles. The van der Waals surface area contributed by atoms with Crippen molar-refractivity contribution in [1.29, 1.82) is 0 Å². The highest BCUT2D eigenvalue weighted by Crippen LogP contribution is 2.33. The van der Waals surface area contributed by atoms with E-state index in [-0.39, 0.29) is 27.2 Å². The maximum absolute atomic E-state index is 12.0. The Morgan fingerprint density at radius 1 is 1.33 bits per heavy atom. The average Bonchev–Trinajstić information content (AvgIpc) is 2.94. The summed E-state index contributed by atoms with van der Waals surface area (Å²) in [5.74, 6) is 0.308. The van der Waals surface area contributed by atoms with Gasteiger partial charge in [0.15, 0.2) is 0 Å². The van der Waals surface area contributed by atoms with E-state index in [4.69, 9.17) is 23.2 Å². The van der Waals surface area contributed by atoms with Crippen LogP contribution in [-0.2, 0) is 0 Å². The molecule has 1 aliphatic rings. The molecular formula is C14H16Cl2N2O3. The molecule has 0 unspecified atom stereocenters. The highest BCUT2D eigenvalue weighted by atomic mass is 35.5. The van der Waals surface area contributed by atoms with Crippen molar-refractivity contribution in [2.45, 2.75) is 32.1 Å². The molecule has 0 atom stereocenters. The van der Waals surface area contributed by atoms with E-state index < -0.39 is 4.92 Å². The number of hydrogen-bond donors (Lipinski definition) is 1. The maximum Gasteiger partial charge on any atom is 0.290 e. The van der Waals surface area contributed by atoms with Crippen LogP contribution >= 0.6 is 23.2 Å². The van der Waals surface area contributed by atoms with Gasteiger partial charge in [-0.25, -0.2) is 0 Å². The smallest absolute Gasteiger partial charge is 0.290 e. The van der Waals surface area contributed by atoms with Gasteiger partial charge in [0, 0.05) is 18.2 Å². The maximum atomic E-state index is 12.0. The number of nitro groups is 1. The second-order valence-corrected chi connectivity index (χ2v) is 6.03. The minimum Gasteiger partial charge on any atom is -0.352 e. The molecule has 0 aliphatic heterocycles. The van der Waals surface area contributed by atoms with Crippen molar-refractivity contribution in [1.82, 2.24) is 5.32 Å². The number of hydrogen-bond acceptors (Lipinski definition) is 3. The summed E-state index contributed by atoms with van der Waals surface area (Å²) in [6.07, 6.45) is 5.90. The van der Waals surface area contributed by atoms with Gasteiger partial charge in [-0.15, -0.1) is 0 Å². The molecule has 0 saturated heterocycles. The number of carbonyl (C=O) groups is 1. The summed E-state index contributed by atoms with van der Waals surface area (Å²) < 4.78 is 0. The second kappa shape index (κ2) is 7.09. The van der Waals surface area contributed by atoms with Crippen LogP contribution in [-0.4, -0.2) is 17.4 Å². The Morgan fingerprint density at radius 3 is 2.62 bits per heavy atom. The fourth-order valence-corrected chi connectivity index (χ4v) is 3.02. The van der Waals surface area contributed by atoms with Crippen LogP contribution in [0, 0.1) is 16.0 Å². The van der Waals surface area contributed by atoms with Gasteiger partial charge in [-0.1, -0.05) is 48.9 Å². The summed E-state index contributed by atoms with van der Waals surface area (Å²) in [4.78, 5) is 22.2. The van der Waals surface area contributed by atoms with Gasteiger partial charge in [-0.3, -0.25) is 14.9 Å². The first-order valence-corrected chi connectivity index (χ1v) is 7.66. The lowest BCUT2D eigenvalue weighted by Gasteiger charge is -2.10. The van der Waals surface area contributed by atoms with E-state index in [1.165, 1.54) is 31.7 Å². The van der Waals surface area contributed by atoms with Gasteiger partial charge in [0.25, 0.3) is 11.6 Å². The Kier molecular flexibility index (Phi) is 5.42. The van der Waals surface area contributed by atoms with Gasteiger partial charge in [0.1, 0.15) is 5.02 Å². The Bertz CT molecular complexity index is 557. The average molecular weight is 331 g/mol. The van der Waals surface area contributed by atoms with Crippen LogP contribution < -0.4 is 5.32 Å². The van der Waals surface area contributed by atoms with Crippen molar-refractivity contribution >= 4 is 34.8 Å². The predicted molar refractivity (Wildman–Crippen MR) is 82.0 cm³/mol. The summed E-state index contributed by atoms with van der Waals surface area (Å²) in [5.41, 5.74) is -0.201. The Labute approximate surface area is 132 Å². The quantitative estimate of drug-likeness (QED) is 0.649. The van der Waals surface area contributed by atoms with Gasteiger partial charge < -0.3 is 5.32 Å².